The van der Waals surface area contributed by atoms with Gasteiger partial charge in [0.1, 0.15) is 10.8 Å². The first kappa shape index (κ1) is 17.1. The number of hydrogen-bond acceptors (Lipinski definition) is 6. The summed E-state index contributed by atoms with van der Waals surface area (Å²) in [6.07, 6.45) is -4.64. The summed E-state index contributed by atoms with van der Waals surface area (Å²) in [7, 11) is 0. The first-order valence-electron chi connectivity index (χ1n) is 7.07. The van der Waals surface area contributed by atoms with E-state index in [0.717, 1.165) is 16.9 Å². The number of hydrogen-bond donors (Lipinski definition) is 1. The molecule has 132 valence electrons. The minimum absolute atomic E-state index is 0.00693. The molecule has 0 radical (unpaired) electrons. The Hall–Kier alpha value is -2.69. The lowest BCUT2D eigenvalue weighted by Crippen LogP contribution is -2.28. The van der Waals surface area contributed by atoms with Crippen molar-refractivity contribution in [3.8, 4) is 5.75 Å². The van der Waals surface area contributed by atoms with E-state index in [2.05, 4.69) is 20.6 Å². The number of carbonyl (C=O) groups is 1. The van der Waals surface area contributed by atoms with Gasteiger partial charge < -0.3 is 10.1 Å². The minimum atomic E-state index is -4.64. The maximum absolute atomic E-state index is 12.7. The summed E-state index contributed by atoms with van der Waals surface area (Å²) in [6.45, 7) is 1.70. The van der Waals surface area contributed by atoms with Crippen molar-refractivity contribution < 1.29 is 22.7 Å². The number of amides is 1. The lowest BCUT2D eigenvalue weighted by Gasteiger charge is -2.06. The van der Waals surface area contributed by atoms with E-state index < -0.39 is 17.9 Å². The van der Waals surface area contributed by atoms with Crippen molar-refractivity contribution in [3.63, 3.8) is 0 Å². The Morgan fingerprint density at radius 1 is 1.28 bits per heavy atom. The van der Waals surface area contributed by atoms with Crippen LogP contribution in [0, 0.1) is 6.92 Å². The summed E-state index contributed by atoms with van der Waals surface area (Å²) in [6, 6.07) is 7.18. The number of nitrogens with zero attached hydrogens (tertiary/aromatic N) is 4. The van der Waals surface area contributed by atoms with E-state index in [1.54, 1.807) is 12.1 Å². The second kappa shape index (κ2) is 6.67. The van der Waals surface area contributed by atoms with E-state index in [1.807, 2.05) is 19.1 Å². The summed E-state index contributed by atoms with van der Waals surface area (Å²) in [5, 5.41) is 13.1. The molecule has 11 heteroatoms. The van der Waals surface area contributed by atoms with Crippen LogP contribution in [0.2, 0.25) is 0 Å². The molecule has 0 aliphatic rings. The Labute approximate surface area is 143 Å². The number of aromatic nitrogens is 4. The summed E-state index contributed by atoms with van der Waals surface area (Å²) in [5.41, 5.74) is 1.07. The molecule has 0 unspecified atom stereocenters. The molecule has 3 rings (SSSR count). The molecule has 7 nitrogen and oxygen atoms in total. The van der Waals surface area contributed by atoms with Gasteiger partial charge in [0.25, 0.3) is 11.7 Å². The number of aryl methyl sites for hydroxylation is 1. The Morgan fingerprint density at radius 3 is 2.68 bits per heavy atom. The molecule has 2 aromatic heterocycles. The summed E-state index contributed by atoms with van der Waals surface area (Å²) < 4.78 is 44.1. The minimum Gasteiger partial charge on any atom is -0.484 e. The molecular weight excluding hydrogens is 359 g/mol. The topological polar surface area (TPSA) is 81.4 Å². The molecule has 1 N–H and O–H groups in total. The van der Waals surface area contributed by atoms with Crippen LogP contribution in [0.3, 0.4) is 0 Å². The Morgan fingerprint density at radius 2 is 2.00 bits per heavy atom. The van der Waals surface area contributed by atoms with Gasteiger partial charge in [-0.25, -0.2) is 0 Å². The van der Waals surface area contributed by atoms with Crippen molar-refractivity contribution in [2.75, 3.05) is 6.61 Å². The maximum atomic E-state index is 12.7. The van der Waals surface area contributed by atoms with Gasteiger partial charge in [0.15, 0.2) is 6.61 Å². The summed E-state index contributed by atoms with van der Waals surface area (Å²) in [5.74, 6) is -1.06. The Balaban J connectivity index is 1.56. The molecule has 0 fully saturated rings. The third-order valence-corrected chi connectivity index (χ3v) is 4.01. The predicted molar refractivity (Wildman–Crippen MR) is 82.2 cm³/mol. The molecule has 0 aliphatic heterocycles. The van der Waals surface area contributed by atoms with Crippen LogP contribution in [-0.2, 0) is 17.5 Å². The van der Waals surface area contributed by atoms with Crippen molar-refractivity contribution >= 4 is 22.2 Å². The Kier molecular flexibility index (Phi) is 4.57. The number of fused-ring (bicyclic) bond motifs is 1. The first-order valence-corrected chi connectivity index (χ1v) is 7.89. The van der Waals surface area contributed by atoms with Gasteiger partial charge in [-0.05, 0) is 19.1 Å². The molecular formula is C14H12F3N5O2S. The highest BCUT2D eigenvalue weighted by Gasteiger charge is 2.38. The van der Waals surface area contributed by atoms with E-state index in [9.17, 15) is 18.0 Å². The number of benzene rings is 1. The average molecular weight is 371 g/mol. The largest absolute Gasteiger partial charge is 0.484 e. The average Bonchev–Trinajstić information content (AvgIpc) is 3.11. The van der Waals surface area contributed by atoms with E-state index in [4.69, 9.17) is 4.74 Å². The van der Waals surface area contributed by atoms with E-state index >= 15 is 0 Å². The van der Waals surface area contributed by atoms with Gasteiger partial charge in [0, 0.05) is 0 Å². The van der Waals surface area contributed by atoms with Crippen LogP contribution in [0.15, 0.2) is 24.3 Å². The fraction of sp³-hybridized carbons (Fsp3) is 0.286. The highest BCUT2D eigenvalue weighted by Crippen LogP contribution is 2.28. The van der Waals surface area contributed by atoms with Gasteiger partial charge >= 0.3 is 6.18 Å². The number of nitrogens with one attached hydrogen (secondary N) is 1. The van der Waals surface area contributed by atoms with Crippen LogP contribution < -0.4 is 10.1 Å². The van der Waals surface area contributed by atoms with Gasteiger partial charge in [-0.2, -0.15) is 22.8 Å². The van der Waals surface area contributed by atoms with Crippen molar-refractivity contribution in [2.45, 2.75) is 19.6 Å². The SMILES string of the molecule is Cc1ccc(OCC(=O)NCc2nn3c(C(F)(F)F)nnc3s2)cc1. The number of alkyl halides is 3. The van der Waals surface area contributed by atoms with Crippen molar-refractivity contribution in [2.24, 2.45) is 0 Å². The van der Waals surface area contributed by atoms with Crippen LogP contribution in [0.4, 0.5) is 13.2 Å². The second-order valence-corrected chi connectivity index (χ2v) is 6.13. The van der Waals surface area contributed by atoms with Crippen LogP contribution >= 0.6 is 11.3 Å². The summed E-state index contributed by atoms with van der Waals surface area (Å²) >= 11 is 0.915. The quantitative estimate of drug-likeness (QED) is 0.744. The van der Waals surface area contributed by atoms with Crippen LogP contribution in [-0.4, -0.2) is 32.3 Å². The van der Waals surface area contributed by atoms with Crippen LogP contribution in [0.5, 0.6) is 5.75 Å². The van der Waals surface area contributed by atoms with E-state index in [1.165, 1.54) is 0 Å². The molecule has 3 aromatic rings. The lowest BCUT2D eigenvalue weighted by atomic mass is 10.2. The zero-order valence-electron chi connectivity index (χ0n) is 12.9. The highest BCUT2D eigenvalue weighted by molar-refractivity contribution is 7.16. The van der Waals surface area contributed by atoms with Gasteiger partial charge in [-0.3, -0.25) is 4.79 Å². The van der Waals surface area contributed by atoms with Crippen LogP contribution in [0.1, 0.15) is 16.4 Å². The molecule has 1 aromatic carbocycles. The monoisotopic (exact) mass is 371 g/mol. The predicted octanol–water partition coefficient (Wildman–Crippen LogP) is 2.21. The van der Waals surface area contributed by atoms with Crippen molar-refractivity contribution in [1.29, 1.82) is 0 Å². The normalized spacial score (nSPS) is 11.7. The zero-order chi connectivity index (χ0) is 18.0. The smallest absolute Gasteiger partial charge is 0.453 e. The van der Waals surface area contributed by atoms with E-state index in [-0.39, 0.29) is 23.1 Å². The Bertz CT molecular complexity index is 888. The third kappa shape index (κ3) is 4.05. The molecule has 1 amide bonds. The van der Waals surface area contributed by atoms with E-state index in [0.29, 0.717) is 10.3 Å². The van der Waals surface area contributed by atoms with Gasteiger partial charge in [-0.15, -0.1) is 10.2 Å². The molecule has 0 atom stereocenters. The molecule has 0 spiro atoms. The van der Waals surface area contributed by atoms with Crippen LogP contribution in [0.25, 0.3) is 4.96 Å². The highest BCUT2D eigenvalue weighted by atomic mass is 32.1. The molecule has 0 saturated carbocycles. The molecule has 2 heterocycles. The third-order valence-electron chi connectivity index (χ3n) is 3.11. The fourth-order valence-corrected chi connectivity index (χ4v) is 2.69. The standard InChI is InChI=1S/C14H12F3N5O2S/c1-8-2-4-9(5-3-8)24-7-10(23)18-6-11-21-22-12(14(15,16)17)19-20-13(22)25-11/h2-5H,6-7H2,1H3,(H,18,23). The molecule has 25 heavy (non-hydrogen) atoms. The fourth-order valence-electron chi connectivity index (χ4n) is 1.91. The summed E-state index contributed by atoms with van der Waals surface area (Å²) in [4.78, 5) is 11.8. The first-order chi connectivity index (χ1) is 11.8. The number of ether oxygens (including phenoxy) is 1. The molecule has 0 bridgehead atoms. The van der Waals surface area contributed by atoms with Gasteiger partial charge in [0.05, 0.1) is 6.54 Å². The van der Waals surface area contributed by atoms with Gasteiger partial charge in [0.2, 0.25) is 4.96 Å². The number of carbonyl (C=O) groups excluding carboxylic acids is 1. The number of rotatable bonds is 5. The number of halogens is 3. The molecule has 0 aliphatic carbocycles. The van der Waals surface area contributed by atoms with Gasteiger partial charge in [-0.1, -0.05) is 29.0 Å². The molecule has 0 saturated heterocycles. The zero-order valence-corrected chi connectivity index (χ0v) is 13.7. The second-order valence-electron chi connectivity index (χ2n) is 5.09. The lowest BCUT2D eigenvalue weighted by molar-refractivity contribution is -0.146. The maximum Gasteiger partial charge on any atom is 0.453 e. The van der Waals surface area contributed by atoms with Crippen molar-refractivity contribution in [3.05, 3.63) is 40.7 Å². The van der Waals surface area contributed by atoms with Crippen molar-refractivity contribution in [1.82, 2.24) is 25.1 Å².